The lowest BCUT2D eigenvalue weighted by Crippen LogP contribution is -2.44. The van der Waals surface area contributed by atoms with Crippen LogP contribution in [-0.2, 0) is 23.9 Å². The van der Waals surface area contributed by atoms with Crippen LogP contribution in [0.4, 0.5) is 0 Å². The molecule has 4 rings (SSSR count). The van der Waals surface area contributed by atoms with Gasteiger partial charge in [-0.25, -0.2) is 4.79 Å². The van der Waals surface area contributed by atoms with Crippen molar-refractivity contribution in [3.8, 4) is 0 Å². The smallest absolute Gasteiger partial charge is 0.336 e. The third kappa shape index (κ3) is 4.27. The number of fused-ring (bicyclic) bond motifs is 1. The maximum absolute atomic E-state index is 13.7. The molecule has 8 nitrogen and oxygen atoms in total. The summed E-state index contributed by atoms with van der Waals surface area (Å²) < 4.78 is 16.0. The second-order valence-corrected chi connectivity index (χ2v) is 9.27. The summed E-state index contributed by atoms with van der Waals surface area (Å²) in [4.78, 5) is 53.1. The van der Waals surface area contributed by atoms with E-state index >= 15 is 0 Å². The average Bonchev–Trinajstić information content (AvgIpc) is 2.82. The van der Waals surface area contributed by atoms with Gasteiger partial charge in [-0.05, 0) is 43.9 Å². The first-order valence-electron chi connectivity index (χ1n) is 11.4. The van der Waals surface area contributed by atoms with E-state index in [9.17, 15) is 19.2 Å². The van der Waals surface area contributed by atoms with E-state index in [2.05, 4.69) is 5.32 Å². The number of carbonyl (C=O) groups is 3. The minimum atomic E-state index is -1.08. The summed E-state index contributed by atoms with van der Waals surface area (Å²) in [6, 6.07) is 4.66. The summed E-state index contributed by atoms with van der Waals surface area (Å²) in [6.45, 7) is 5.52. The van der Waals surface area contributed by atoms with E-state index in [1.54, 1.807) is 26.0 Å². The molecule has 9 heteroatoms. The molecule has 1 aliphatic heterocycles. The number of benzene rings is 1. The van der Waals surface area contributed by atoms with Gasteiger partial charge in [0.25, 0.3) is 0 Å². The predicted molar refractivity (Wildman–Crippen MR) is 129 cm³/mol. The van der Waals surface area contributed by atoms with Crippen molar-refractivity contribution in [3.63, 3.8) is 0 Å². The quantitative estimate of drug-likeness (QED) is 0.485. The van der Waals surface area contributed by atoms with Crippen LogP contribution in [0, 0.1) is 11.8 Å². The number of halogens is 1. The summed E-state index contributed by atoms with van der Waals surface area (Å²) in [5.74, 6) is -4.29. The fourth-order valence-electron chi connectivity index (χ4n) is 4.85. The van der Waals surface area contributed by atoms with Gasteiger partial charge in [0.15, 0.2) is 11.2 Å². The Morgan fingerprint density at radius 1 is 1.26 bits per heavy atom. The Bertz CT molecular complexity index is 1350. The van der Waals surface area contributed by atoms with Gasteiger partial charge < -0.3 is 19.2 Å². The van der Waals surface area contributed by atoms with Crippen molar-refractivity contribution < 1.29 is 28.3 Å². The molecule has 0 amide bonds. The van der Waals surface area contributed by atoms with Gasteiger partial charge in [-0.15, -0.1) is 0 Å². The van der Waals surface area contributed by atoms with Gasteiger partial charge in [0, 0.05) is 27.6 Å². The zero-order valence-electron chi connectivity index (χ0n) is 19.9. The summed E-state index contributed by atoms with van der Waals surface area (Å²) in [5.41, 5.74) is 1.29. The second kappa shape index (κ2) is 9.70. The van der Waals surface area contributed by atoms with Gasteiger partial charge in [-0.3, -0.25) is 14.4 Å². The van der Waals surface area contributed by atoms with E-state index in [0.717, 1.165) is 0 Å². The molecule has 2 aliphatic rings. The number of Topliss-reactive ketones (excluding diaryl/α,β-unsaturated/α-hetero) is 1. The Morgan fingerprint density at radius 2 is 2.00 bits per heavy atom. The molecule has 1 aromatic carbocycles. The van der Waals surface area contributed by atoms with Gasteiger partial charge in [-0.1, -0.05) is 25.4 Å². The van der Waals surface area contributed by atoms with Crippen LogP contribution in [0.2, 0.25) is 5.02 Å². The Balaban J connectivity index is 1.97. The molecule has 2 heterocycles. The molecule has 0 saturated carbocycles. The molecular formula is C26H26ClNO7. The van der Waals surface area contributed by atoms with Gasteiger partial charge >= 0.3 is 11.9 Å². The highest BCUT2D eigenvalue weighted by Gasteiger charge is 2.48. The van der Waals surface area contributed by atoms with Gasteiger partial charge in [-0.2, -0.15) is 0 Å². The van der Waals surface area contributed by atoms with Crippen LogP contribution in [0.25, 0.3) is 11.0 Å². The lowest BCUT2D eigenvalue weighted by Gasteiger charge is -2.37. The molecule has 3 atom stereocenters. The highest BCUT2D eigenvalue weighted by atomic mass is 35.5. The Kier molecular flexibility index (Phi) is 6.85. The van der Waals surface area contributed by atoms with Gasteiger partial charge in [0.1, 0.15) is 11.5 Å². The molecular weight excluding hydrogens is 474 g/mol. The van der Waals surface area contributed by atoms with E-state index in [1.165, 1.54) is 19.4 Å². The highest BCUT2D eigenvalue weighted by molar-refractivity contribution is 6.31. The normalized spacial score (nSPS) is 22.1. The Morgan fingerprint density at radius 3 is 2.69 bits per heavy atom. The van der Waals surface area contributed by atoms with Gasteiger partial charge in [0.05, 0.1) is 36.9 Å². The van der Waals surface area contributed by atoms with Crippen molar-refractivity contribution in [2.45, 2.75) is 39.5 Å². The molecule has 1 aliphatic carbocycles. The van der Waals surface area contributed by atoms with Crippen LogP contribution in [0.5, 0.6) is 0 Å². The van der Waals surface area contributed by atoms with Crippen molar-refractivity contribution in [1.29, 1.82) is 0 Å². The van der Waals surface area contributed by atoms with Crippen LogP contribution in [-0.4, -0.2) is 31.4 Å². The van der Waals surface area contributed by atoms with Crippen molar-refractivity contribution in [2.24, 2.45) is 11.8 Å². The zero-order chi connectivity index (χ0) is 25.4. The third-order valence-corrected chi connectivity index (χ3v) is 6.71. The number of hydrogen-bond acceptors (Lipinski definition) is 8. The van der Waals surface area contributed by atoms with Crippen LogP contribution in [0.1, 0.15) is 45.1 Å². The predicted octanol–water partition coefficient (Wildman–Crippen LogP) is 4.01. The van der Waals surface area contributed by atoms with E-state index in [4.69, 9.17) is 25.5 Å². The van der Waals surface area contributed by atoms with Crippen LogP contribution >= 0.6 is 11.6 Å². The van der Waals surface area contributed by atoms with E-state index in [-0.39, 0.29) is 34.6 Å². The summed E-state index contributed by atoms with van der Waals surface area (Å²) in [7, 11) is 1.22. The first kappa shape index (κ1) is 24.7. The van der Waals surface area contributed by atoms with Crippen molar-refractivity contribution >= 4 is 40.3 Å². The molecule has 0 fully saturated rings. The molecule has 0 radical (unpaired) electrons. The summed E-state index contributed by atoms with van der Waals surface area (Å²) in [6.07, 6.45) is 2.22. The molecule has 35 heavy (non-hydrogen) atoms. The minimum absolute atomic E-state index is 0.0862. The lowest BCUT2D eigenvalue weighted by atomic mass is 9.69. The topological polar surface area (TPSA) is 112 Å². The molecule has 2 aromatic rings. The first-order valence-corrected chi connectivity index (χ1v) is 11.8. The van der Waals surface area contributed by atoms with Crippen LogP contribution < -0.4 is 10.7 Å². The standard InChI is InChI=1S/C26H26ClNO7/c1-5-8-34-26(32)20-13(3)28-17-9-12(2)19(25(31)33-4)24(30)22(17)21(20)16-11-35-18-7-6-14(27)10-15(18)23(16)29/h6-7,10-12,19,21,28H,5,8-9H2,1-4H3. The molecule has 0 spiro atoms. The molecule has 0 bridgehead atoms. The van der Waals surface area contributed by atoms with Gasteiger partial charge in [0.2, 0.25) is 0 Å². The zero-order valence-corrected chi connectivity index (χ0v) is 20.7. The maximum Gasteiger partial charge on any atom is 0.336 e. The Hall–Kier alpha value is -3.39. The first-order chi connectivity index (χ1) is 16.7. The fourth-order valence-corrected chi connectivity index (χ4v) is 5.02. The third-order valence-electron chi connectivity index (χ3n) is 6.47. The molecule has 1 N–H and O–H groups in total. The molecule has 3 unspecified atom stereocenters. The van der Waals surface area contributed by atoms with Crippen LogP contribution in [0.3, 0.4) is 0 Å². The summed E-state index contributed by atoms with van der Waals surface area (Å²) >= 11 is 6.12. The van der Waals surface area contributed by atoms with E-state index < -0.39 is 35.0 Å². The lowest BCUT2D eigenvalue weighted by molar-refractivity contribution is -0.151. The number of rotatable bonds is 5. The maximum atomic E-state index is 13.7. The van der Waals surface area contributed by atoms with Crippen molar-refractivity contribution in [2.75, 3.05) is 13.7 Å². The monoisotopic (exact) mass is 499 g/mol. The SMILES string of the molecule is CCCOC(=O)C1=C(C)NC2=C(C(=O)C(C(=O)OC)C(C)C2)C1c1coc2ccc(Cl)cc2c1=O. The van der Waals surface area contributed by atoms with Crippen molar-refractivity contribution in [1.82, 2.24) is 5.32 Å². The summed E-state index contributed by atoms with van der Waals surface area (Å²) in [5, 5.41) is 3.72. The number of hydrogen-bond donors (Lipinski definition) is 1. The number of ether oxygens (including phenoxy) is 2. The number of carbonyl (C=O) groups excluding carboxylic acids is 3. The molecule has 1 aromatic heterocycles. The minimum Gasteiger partial charge on any atom is -0.468 e. The van der Waals surface area contributed by atoms with E-state index in [1.807, 2.05) is 6.92 Å². The van der Waals surface area contributed by atoms with Crippen LogP contribution in [0.15, 0.2) is 56.2 Å². The number of ketones is 1. The number of esters is 2. The molecule has 184 valence electrons. The second-order valence-electron chi connectivity index (χ2n) is 8.83. The van der Waals surface area contributed by atoms with Crippen molar-refractivity contribution in [3.05, 3.63) is 67.8 Å². The van der Waals surface area contributed by atoms with E-state index in [0.29, 0.717) is 34.8 Å². The Labute approximate surface area is 206 Å². The molecule has 0 saturated heterocycles. The number of dihydropyridines is 1. The average molecular weight is 500 g/mol. The number of nitrogens with one attached hydrogen (secondary N) is 1. The fraction of sp³-hybridized carbons (Fsp3) is 0.385. The number of allylic oxidation sites excluding steroid dienone is 3. The number of methoxy groups -OCH3 is 1. The highest BCUT2D eigenvalue weighted by Crippen LogP contribution is 2.45. The largest absolute Gasteiger partial charge is 0.468 e.